The Morgan fingerprint density at radius 2 is 2.10 bits per heavy atom. The van der Waals surface area contributed by atoms with E-state index in [1.165, 1.54) is 19.2 Å². The first-order valence-electron chi connectivity index (χ1n) is 5.30. The minimum absolute atomic E-state index is 0.0336. The lowest BCUT2D eigenvalue weighted by Crippen LogP contribution is -2.00. The minimum atomic E-state index is -3.54. The smallest absolute Gasteiger partial charge is 0.317 e. The summed E-state index contributed by atoms with van der Waals surface area (Å²) in [6, 6.07) is 3.40. The molecule has 1 aromatic rings. The number of carbonyl (C=O) groups is 1. The SMILES string of the molecule is COC(=O)CC#Cc1ccc(S(C)(=O)=O)cc1[N+](=O)[O-]. The van der Waals surface area contributed by atoms with Crippen molar-refractivity contribution in [3.8, 4) is 11.8 Å². The molecule has 1 aromatic carbocycles. The van der Waals surface area contributed by atoms with E-state index in [1.807, 2.05) is 0 Å². The highest BCUT2D eigenvalue weighted by Crippen LogP contribution is 2.22. The number of nitrogens with zero attached hydrogens (tertiary/aromatic N) is 1. The Kier molecular flexibility index (Phi) is 4.83. The summed E-state index contributed by atoms with van der Waals surface area (Å²) in [5.74, 6) is 4.32. The minimum Gasteiger partial charge on any atom is -0.468 e. The standard InChI is InChI=1S/C12H11NO6S/c1-19-12(14)5-3-4-9-6-7-10(20(2,17)18)8-11(9)13(15)16/h6-8H,5H2,1-2H3. The van der Waals surface area contributed by atoms with E-state index in [-0.39, 0.29) is 16.9 Å². The number of hydrogen-bond acceptors (Lipinski definition) is 6. The molecule has 0 heterocycles. The van der Waals surface area contributed by atoms with Gasteiger partial charge in [-0.25, -0.2) is 8.42 Å². The van der Waals surface area contributed by atoms with E-state index in [4.69, 9.17) is 0 Å². The number of nitro groups is 1. The lowest BCUT2D eigenvalue weighted by Gasteiger charge is -2.00. The third kappa shape index (κ3) is 4.07. The molecule has 1 rings (SSSR count). The number of hydrogen-bond donors (Lipinski definition) is 0. The van der Waals surface area contributed by atoms with Gasteiger partial charge in [-0.3, -0.25) is 14.9 Å². The van der Waals surface area contributed by atoms with Crippen LogP contribution < -0.4 is 0 Å². The van der Waals surface area contributed by atoms with Crippen LogP contribution in [-0.2, 0) is 19.4 Å². The highest BCUT2D eigenvalue weighted by Gasteiger charge is 2.17. The third-order valence-corrected chi connectivity index (χ3v) is 3.39. The zero-order valence-electron chi connectivity index (χ0n) is 10.7. The summed E-state index contributed by atoms with van der Waals surface area (Å²) in [5, 5.41) is 10.9. The zero-order valence-corrected chi connectivity index (χ0v) is 11.6. The Balaban J connectivity index is 3.21. The van der Waals surface area contributed by atoms with Crippen molar-refractivity contribution in [1.29, 1.82) is 0 Å². The average molecular weight is 297 g/mol. The molecular formula is C12H11NO6S. The molecule has 106 valence electrons. The monoisotopic (exact) mass is 297 g/mol. The predicted octanol–water partition coefficient (Wildman–Crippen LogP) is 0.913. The van der Waals surface area contributed by atoms with E-state index < -0.39 is 26.4 Å². The normalized spacial score (nSPS) is 10.3. The van der Waals surface area contributed by atoms with Crippen molar-refractivity contribution in [1.82, 2.24) is 0 Å². The lowest BCUT2D eigenvalue weighted by molar-refractivity contribution is -0.385. The summed E-state index contributed by atoms with van der Waals surface area (Å²) < 4.78 is 27.1. The number of sulfone groups is 1. The maximum absolute atomic E-state index is 11.3. The Morgan fingerprint density at radius 3 is 2.60 bits per heavy atom. The van der Waals surface area contributed by atoms with Crippen LogP contribution in [-0.4, -0.2) is 32.7 Å². The van der Waals surface area contributed by atoms with E-state index in [0.29, 0.717) is 0 Å². The van der Waals surface area contributed by atoms with Crippen LogP contribution in [0.15, 0.2) is 23.1 Å². The molecule has 0 fully saturated rings. The molecule has 0 radical (unpaired) electrons. The van der Waals surface area contributed by atoms with Gasteiger partial charge in [0.15, 0.2) is 9.84 Å². The fraction of sp³-hybridized carbons (Fsp3) is 0.250. The molecule has 0 aliphatic heterocycles. The summed E-state index contributed by atoms with van der Waals surface area (Å²) in [7, 11) is -2.34. The Hall–Kier alpha value is -2.40. The summed E-state index contributed by atoms with van der Waals surface area (Å²) in [4.78, 5) is 20.9. The van der Waals surface area contributed by atoms with Crippen LogP contribution in [0.25, 0.3) is 0 Å². The molecule has 0 bridgehead atoms. The van der Waals surface area contributed by atoms with Crippen LogP contribution in [0.1, 0.15) is 12.0 Å². The topological polar surface area (TPSA) is 104 Å². The molecule has 0 unspecified atom stereocenters. The highest BCUT2D eigenvalue weighted by molar-refractivity contribution is 7.90. The molecule has 8 heteroatoms. The molecule has 0 aromatic heterocycles. The molecule has 0 atom stereocenters. The maximum Gasteiger partial charge on any atom is 0.317 e. The number of ether oxygens (including phenoxy) is 1. The van der Waals surface area contributed by atoms with Crippen molar-refractivity contribution in [3.05, 3.63) is 33.9 Å². The first kappa shape index (κ1) is 15.7. The number of methoxy groups -OCH3 is 1. The van der Waals surface area contributed by atoms with Crippen LogP contribution in [0.5, 0.6) is 0 Å². The molecule has 0 aliphatic rings. The molecule has 0 N–H and O–H groups in total. The second-order valence-corrected chi connectivity index (χ2v) is 5.78. The van der Waals surface area contributed by atoms with Crippen molar-refractivity contribution >= 4 is 21.5 Å². The third-order valence-electron chi connectivity index (χ3n) is 2.28. The van der Waals surface area contributed by atoms with Crippen LogP contribution in [0.2, 0.25) is 0 Å². The van der Waals surface area contributed by atoms with Gasteiger partial charge in [-0.2, -0.15) is 0 Å². The largest absolute Gasteiger partial charge is 0.468 e. The van der Waals surface area contributed by atoms with Gasteiger partial charge < -0.3 is 4.74 Å². The molecular weight excluding hydrogens is 286 g/mol. The molecule has 20 heavy (non-hydrogen) atoms. The van der Waals surface area contributed by atoms with Gasteiger partial charge in [-0.05, 0) is 12.1 Å². The quantitative estimate of drug-likeness (QED) is 0.355. The van der Waals surface area contributed by atoms with Gasteiger partial charge in [-0.1, -0.05) is 11.8 Å². The molecule has 0 aliphatic carbocycles. The number of benzene rings is 1. The number of carbonyl (C=O) groups excluding carboxylic acids is 1. The summed E-state index contributed by atoms with van der Waals surface area (Å²) in [6.07, 6.45) is 0.746. The summed E-state index contributed by atoms with van der Waals surface area (Å²) in [5.41, 5.74) is -0.392. The van der Waals surface area contributed by atoms with Crippen LogP contribution in [0.3, 0.4) is 0 Å². The molecule has 0 saturated carbocycles. The van der Waals surface area contributed by atoms with Gasteiger partial charge in [0.1, 0.15) is 12.0 Å². The number of rotatable bonds is 3. The van der Waals surface area contributed by atoms with E-state index in [0.717, 1.165) is 12.3 Å². The fourth-order valence-corrected chi connectivity index (χ4v) is 1.92. The van der Waals surface area contributed by atoms with Crippen LogP contribution in [0.4, 0.5) is 5.69 Å². The maximum atomic E-state index is 11.3. The molecule has 7 nitrogen and oxygen atoms in total. The number of nitro benzene ring substituents is 1. The van der Waals surface area contributed by atoms with Gasteiger partial charge in [-0.15, -0.1) is 0 Å². The van der Waals surface area contributed by atoms with Crippen molar-refractivity contribution in [3.63, 3.8) is 0 Å². The Morgan fingerprint density at radius 1 is 1.45 bits per heavy atom. The Labute approximate surface area is 115 Å². The van der Waals surface area contributed by atoms with Crippen molar-refractivity contribution in [2.75, 3.05) is 13.4 Å². The van der Waals surface area contributed by atoms with Gasteiger partial charge in [0.25, 0.3) is 5.69 Å². The molecule has 0 amide bonds. The number of esters is 1. The van der Waals surface area contributed by atoms with Crippen molar-refractivity contribution < 1.29 is 22.9 Å². The fourth-order valence-electron chi connectivity index (χ4n) is 1.28. The van der Waals surface area contributed by atoms with E-state index >= 15 is 0 Å². The average Bonchev–Trinajstić information content (AvgIpc) is 2.37. The van der Waals surface area contributed by atoms with E-state index in [2.05, 4.69) is 16.6 Å². The summed E-state index contributed by atoms with van der Waals surface area (Å²) in [6.45, 7) is 0. The van der Waals surface area contributed by atoms with Gasteiger partial charge in [0, 0.05) is 12.3 Å². The lowest BCUT2D eigenvalue weighted by atomic mass is 10.2. The van der Waals surface area contributed by atoms with E-state index in [9.17, 15) is 23.3 Å². The first-order valence-corrected chi connectivity index (χ1v) is 7.19. The second-order valence-electron chi connectivity index (χ2n) is 3.76. The highest BCUT2D eigenvalue weighted by atomic mass is 32.2. The van der Waals surface area contributed by atoms with Crippen molar-refractivity contribution in [2.24, 2.45) is 0 Å². The molecule has 0 saturated heterocycles. The van der Waals surface area contributed by atoms with Crippen LogP contribution in [0, 0.1) is 22.0 Å². The first-order chi connectivity index (χ1) is 9.25. The van der Waals surface area contributed by atoms with E-state index in [1.54, 1.807) is 0 Å². The second kappa shape index (κ2) is 6.16. The zero-order chi connectivity index (χ0) is 15.3. The van der Waals surface area contributed by atoms with Gasteiger partial charge in [0.05, 0.1) is 16.9 Å². The summed E-state index contributed by atoms with van der Waals surface area (Å²) >= 11 is 0. The van der Waals surface area contributed by atoms with Gasteiger partial charge in [0.2, 0.25) is 0 Å². The van der Waals surface area contributed by atoms with Crippen molar-refractivity contribution in [2.45, 2.75) is 11.3 Å². The van der Waals surface area contributed by atoms with Gasteiger partial charge >= 0.3 is 5.97 Å². The Bertz CT molecular complexity index is 711. The van der Waals surface area contributed by atoms with Crippen LogP contribution >= 0.6 is 0 Å². The molecule has 0 spiro atoms. The predicted molar refractivity (Wildman–Crippen MR) is 69.7 cm³/mol.